The first kappa shape index (κ1) is 25.4. The fourth-order valence-corrected chi connectivity index (χ4v) is 4.27. The van der Waals surface area contributed by atoms with E-state index in [9.17, 15) is 15.2 Å². The number of fused-ring (bicyclic) bond motifs is 1. The molecule has 0 saturated carbocycles. The SMILES string of the molecule is COC[C@](C)(CCCCN(C=O)c1cnc(C(C)(C)O)cn1)CN1CNc2ccc(C#N)cc21. The number of methoxy groups -OCH3 is 1. The topological polar surface area (TPSA) is 115 Å². The van der Waals surface area contributed by atoms with E-state index in [1.165, 1.54) is 12.4 Å². The number of hydrogen-bond donors (Lipinski definition) is 2. The minimum absolute atomic E-state index is 0.0964. The van der Waals surface area contributed by atoms with Crippen LogP contribution < -0.4 is 15.1 Å². The first-order valence-electron chi connectivity index (χ1n) is 11.5. The van der Waals surface area contributed by atoms with Crippen LogP contribution in [0.2, 0.25) is 0 Å². The maximum atomic E-state index is 11.6. The van der Waals surface area contributed by atoms with Crippen LogP contribution in [0, 0.1) is 16.7 Å². The molecule has 0 unspecified atom stereocenters. The average molecular weight is 467 g/mol. The number of ether oxygens (including phenoxy) is 1. The summed E-state index contributed by atoms with van der Waals surface area (Å²) in [5.74, 6) is 0.468. The summed E-state index contributed by atoms with van der Waals surface area (Å²) in [6.07, 6.45) is 6.42. The molecule has 3 rings (SSSR count). The molecule has 0 aliphatic carbocycles. The van der Waals surface area contributed by atoms with E-state index in [1.807, 2.05) is 18.2 Å². The Kier molecular flexibility index (Phi) is 8.07. The molecule has 1 aliphatic rings. The van der Waals surface area contributed by atoms with Crippen molar-refractivity contribution in [3.8, 4) is 6.07 Å². The van der Waals surface area contributed by atoms with E-state index in [-0.39, 0.29) is 5.41 Å². The number of nitriles is 1. The Labute approximate surface area is 201 Å². The van der Waals surface area contributed by atoms with Crippen molar-refractivity contribution in [2.45, 2.75) is 45.6 Å². The molecule has 182 valence electrons. The van der Waals surface area contributed by atoms with Gasteiger partial charge in [0.25, 0.3) is 0 Å². The predicted octanol–water partition coefficient (Wildman–Crippen LogP) is 3.25. The van der Waals surface area contributed by atoms with Crippen LogP contribution in [0.4, 0.5) is 17.2 Å². The Balaban J connectivity index is 1.57. The van der Waals surface area contributed by atoms with Gasteiger partial charge in [0, 0.05) is 25.6 Å². The van der Waals surface area contributed by atoms with Gasteiger partial charge in [0.2, 0.25) is 6.41 Å². The first-order valence-corrected chi connectivity index (χ1v) is 11.5. The Morgan fingerprint density at radius 1 is 1.29 bits per heavy atom. The van der Waals surface area contributed by atoms with Crippen LogP contribution in [0.15, 0.2) is 30.6 Å². The summed E-state index contributed by atoms with van der Waals surface area (Å²) < 4.78 is 5.55. The summed E-state index contributed by atoms with van der Waals surface area (Å²) in [5, 5.41) is 22.7. The van der Waals surface area contributed by atoms with Gasteiger partial charge in [0.1, 0.15) is 5.60 Å². The lowest BCUT2D eigenvalue weighted by atomic mass is 9.85. The second-order valence-corrected chi connectivity index (χ2v) is 9.70. The molecule has 2 heterocycles. The number of unbranched alkanes of at least 4 members (excludes halogenated alkanes) is 1. The zero-order valence-corrected chi connectivity index (χ0v) is 20.4. The normalized spacial score (nSPS) is 14.6. The van der Waals surface area contributed by atoms with Gasteiger partial charge in [-0.3, -0.25) is 14.7 Å². The predicted molar refractivity (Wildman–Crippen MR) is 132 cm³/mol. The van der Waals surface area contributed by atoms with Crippen molar-refractivity contribution in [1.82, 2.24) is 9.97 Å². The molecule has 1 atom stereocenters. The number of nitrogens with zero attached hydrogens (tertiary/aromatic N) is 5. The first-order chi connectivity index (χ1) is 16.2. The molecule has 0 spiro atoms. The number of amides is 1. The van der Waals surface area contributed by atoms with E-state index in [1.54, 1.807) is 25.9 Å². The molecule has 1 aliphatic heterocycles. The second kappa shape index (κ2) is 10.8. The van der Waals surface area contributed by atoms with Crippen LogP contribution in [-0.4, -0.2) is 55.0 Å². The van der Waals surface area contributed by atoms with Crippen molar-refractivity contribution in [3.63, 3.8) is 0 Å². The van der Waals surface area contributed by atoms with Gasteiger partial charge in [-0.25, -0.2) is 4.98 Å². The Morgan fingerprint density at radius 3 is 2.71 bits per heavy atom. The molecule has 0 bridgehead atoms. The quantitative estimate of drug-likeness (QED) is 0.362. The van der Waals surface area contributed by atoms with Gasteiger partial charge >= 0.3 is 0 Å². The number of rotatable bonds is 12. The van der Waals surface area contributed by atoms with Crippen LogP contribution in [-0.2, 0) is 15.1 Å². The molecule has 34 heavy (non-hydrogen) atoms. The molecule has 9 nitrogen and oxygen atoms in total. The van der Waals surface area contributed by atoms with Crippen molar-refractivity contribution < 1.29 is 14.6 Å². The maximum absolute atomic E-state index is 11.6. The fourth-order valence-electron chi connectivity index (χ4n) is 4.27. The lowest BCUT2D eigenvalue weighted by molar-refractivity contribution is -0.107. The zero-order valence-electron chi connectivity index (χ0n) is 20.4. The van der Waals surface area contributed by atoms with Crippen LogP contribution in [0.3, 0.4) is 0 Å². The van der Waals surface area contributed by atoms with Gasteiger partial charge in [-0.15, -0.1) is 0 Å². The van der Waals surface area contributed by atoms with Crippen LogP contribution in [0.1, 0.15) is 51.3 Å². The summed E-state index contributed by atoms with van der Waals surface area (Å²) in [7, 11) is 1.71. The molecule has 1 aromatic heterocycles. The highest BCUT2D eigenvalue weighted by Crippen LogP contribution is 2.36. The van der Waals surface area contributed by atoms with Crippen LogP contribution in [0.5, 0.6) is 0 Å². The van der Waals surface area contributed by atoms with E-state index >= 15 is 0 Å². The number of hydrogen-bond acceptors (Lipinski definition) is 8. The molecule has 0 saturated heterocycles. The molecule has 0 fully saturated rings. The van der Waals surface area contributed by atoms with Gasteiger partial charge in [0.15, 0.2) is 5.82 Å². The molecular weight excluding hydrogens is 432 g/mol. The minimum Gasteiger partial charge on any atom is -0.384 e. The number of aromatic nitrogens is 2. The summed E-state index contributed by atoms with van der Waals surface area (Å²) in [4.78, 5) is 24.0. The zero-order chi connectivity index (χ0) is 24.8. The van der Waals surface area contributed by atoms with Gasteiger partial charge in [-0.05, 0) is 44.9 Å². The number of carbonyl (C=O) groups is 1. The third-order valence-electron chi connectivity index (χ3n) is 6.11. The van der Waals surface area contributed by atoms with Crippen molar-refractivity contribution >= 4 is 23.6 Å². The average Bonchev–Trinajstić information content (AvgIpc) is 3.20. The van der Waals surface area contributed by atoms with E-state index < -0.39 is 5.60 Å². The highest BCUT2D eigenvalue weighted by atomic mass is 16.5. The minimum atomic E-state index is -1.08. The van der Waals surface area contributed by atoms with E-state index in [0.717, 1.165) is 43.6 Å². The number of anilines is 3. The number of benzene rings is 1. The van der Waals surface area contributed by atoms with Crippen molar-refractivity contribution in [2.24, 2.45) is 5.41 Å². The van der Waals surface area contributed by atoms with Gasteiger partial charge in [-0.1, -0.05) is 13.3 Å². The number of carbonyl (C=O) groups excluding carboxylic acids is 1. The summed E-state index contributed by atoms with van der Waals surface area (Å²) in [6, 6.07) is 7.91. The molecule has 2 aromatic rings. The highest BCUT2D eigenvalue weighted by Gasteiger charge is 2.30. The molecule has 2 N–H and O–H groups in total. The van der Waals surface area contributed by atoms with Gasteiger partial charge < -0.3 is 20.1 Å². The monoisotopic (exact) mass is 466 g/mol. The summed E-state index contributed by atoms with van der Waals surface area (Å²) in [5.41, 5.74) is 2.01. The van der Waals surface area contributed by atoms with Crippen LogP contribution in [0.25, 0.3) is 0 Å². The van der Waals surface area contributed by atoms with Crippen molar-refractivity contribution in [1.29, 1.82) is 5.26 Å². The third-order valence-corrected chi connectivity index (χ3v) is 6.11. The molecule has 1 aromatic carbocycles. The number of nitrogens with one attached hydrogen (secondary N) is 1. The molecule has 9 heteroatoms. The van der Waals surface area contributed by atoms with Crippen LogP contribution >= 0.6 is 0 Å². The second-order valence-electron chi connectivity index (χ2n) is 9.70. The Morgan fingerprint density at radius 2 is 2.09 bits per heavy atom. The Hall–Kier alpha value is -3.22. The van der Waals surface area contributed by atoms with E-state index in [2.05, 4.69) is 33.2 Å². The maximum Gasteiger partial charge on any atom is 0.215 e. The molecule has 1 amide bonds. The largest absolute Gasteiger partial charge is 0.384 e. The molecule has 0 radical (unpaired) electrons. The van der Waals surface area contributed by atoms with E-state index in [0.29, 0.717) is 36.9 Å². The van der Waals surface area contributed by atoms with Gasteiger partial charge in [0.05, 0.1) is 54.4 Å². The Bertz CT molecular complexity index is 1010. The fraction of sp³-hybridized carbons (Fsp3) is 0.520. The van der Waals surface area contributed by atoms with Crippen molar-refractivity contribution in [3.05, 3.63) is 41.9 Å². The number of aliphatic hydroxyl groups is 1. The standard InChI is InChI=1S/C25H34N6O3/c1-24(2,33)22-13-28-23(14-27-22)30(18-32)10-6-5-9-25(3,16-34-4)15-31-17-29-20-8-7-19(12-26)11-21(20)31/h7-8,11,13-14,18,29,33H,5-6,9-10,15-17H2,1-4H3/t25-/m1/s1. The lowest BCUT2D eigenvalue weighted by Gasteiger charge is -2.34. The smallest absolute Gasteiger partial charge is 0.215 e. The van der Waals surface area contributed by atoms with Gasteiger partial charge in [-0.2, -0.15) is 5.26 Å². The summed E-state index contributed by atoms with van der Waals surface area (Å²) in [6.45, 7) is 8.12. The third kappa shape index (κ3) is 6.22. The molecular formula is C25H34N6O3. The summed E-state index contributed by atoms with van der Waals surface area (Å²) >= 11 is 0. The highest BCUT2D eigenvalue weighted by molar-refractivity contribution is 5.76. The van der Waals surface area contributed by atoms with Crippen molar-refractivity contribution in [2.75, 3.05) is 48.6 Å². The lowest BCUT2D eigenvalue weighted by Crippen LogP contribution is -2.39. The van der Waals surface area contributed by atoms with E-state index in [4.69, 9.17) is 4.74 Å².